The van der Waals surface area contributed by atoms with E-state index in [1.54, 1.807) is 41.3 Å². The molecule has 2 aromatic carbocycles. The monoisotopic (exact) mass is 474 g/mol. The highest BCUT2D eigenvalue weighted by Gasteiger charge is 2.18. The van der Waals surface area contributed by atoms with Crippen molar-refractivity contribution in [2.24, 2.45) is 0 Å². The molecule has 9 heteroatoms. The Hall–Kier alpha value is -2.90. The summed E-state index contributed by atoms with van der Waals surface area (Å²) in [6.45, 7) is 3.18. The number of nitrogens with zero attached hydrogens (tertiary/aromatic N) is 3. The van der Waals surface area contributed by atoms with Gasteiger partial charge in [-0.25, -0.2) is 0 Å². The zero-order valence-corrected chi connectivity index (χ0v) is 19.2. The van der Waals surface area contributed by atoms with Gasteiger partial charge in [0.15, 0.2) is 0 Å². The fraction of sp³-hybridized carbons (Fsp3) is 0.304. The third kappa shape index (κ3) is 6.55. The summed E-state index contributed by atoms with van der Waals surface area (Å²) in [5.41, 5.74) is 1.18. The van der Waals surface area contributed by atoms with Crippen molar-refractivity contribution in [3.63, 3.8) is 0 Å². The summed E-state index contributed by atoms with van der Waals surface area (Å²) in [4.78, 5) is 26.5. The SMILES string of the molecule is CCCN(Cc1nnc(-c2ccccc2Cl)o1)C(=O)CCCNC(=O)c1ccc(Cl)cc1. The van der Waals surface area contributed by atoms with Crippen molar-refractivity contribution in [1.82, 2.24) is 20.4 Å². The largest absolute Gasteiger partial charge is 0.419 e. The van der Waals surface area contributed by atoms with Crippen LogP contribution in [0.2, 0.25) is 10.0 Å². The molecular formula is C23H24Cl2N4O3. The molecule has 1 N–H and O–H groups in total. The van der Waals surface area contributed by atoms with E-state index in [0.717, 1.165) is 6.42 Å². The van der Waals surface area contributed by atoms with Crippen LogP contribution < -0.4 is 5.32 Å². The highest BCUT2D eigenvalue weighted by atomic mass is 35.5. The Morgan fingerprint density at radius 3 is 2.53 bits per heavy atom. The van der Waals surface area contributed by atoms with Crippen LogP contribution in [-0.4, -0.2) is 40.0 Å². The average Bonchev–Trinajstić information content (AvgIpc) is 3.25. The van der Waals surface area contributed by atoms with Gasteiger partial charge in [0, 0.05) is 30.1 Å². The molecule has 2 amide bonds. The minimum Gasteiger partial charge on any atom is -0.419 e. The van der Waals surface area contributed by atoms with Gasteiger partial charge in [-0.3, -0.25) is 9.59 Å². The minimum atomic E-state index is -0.197. The summed E-state index contributed by atoms with van der Waals surface area (Å²) in [6.07, 6.45) is 1.62. The second kappa shape index (κ2) is 11.6. The Bertz CT molecular complexity index is 1050. The maximum Gasteiger partial charge on any atom is 0.251 e. The van der Waals surface area contributed by atoms with E-state index in [9.17, 15) is 9.59 Å². The van der Waals surface area contributed by atoms with Crippen molar-refractivity contribution in [3.05, 3.63) is 70.0 Å². The lowest BCUT2D eigenvalue weighted by Crippen LogP contribution is -2.32. The van der Waals surface area contributed by atoms with Crippen molar-refractivity contribution in [1.29, 1.82) is 0 Å². The lowest BCUT2D eigenvalue weighted by Gasteiger charge is -2.20. The van der Waals surface area contributed by atoms with Gasteiger partial charge in [-0.15, -0.1) is 10.2 Å². The molecular weight excluding hydrogens is 451 g/mol. The molecule has 0 atom stereocenters. The third-order valence-electron chi connectivity index (χ3n) is 4.70. The summed E-state index contributed by atoms with van der Waals surface area (Å²) in [5.74, 6) is 0.430. The molecule has 0 saturated carbocycles. The topological polar surface area (TPSA) is 88.3 Å². The predicted octanol–water partition coefficient (Wildman–Crippen LogP) is 4.99. The number of hydrogen-bond donors (Lipinski definition) is 1. The molecule has 0 aliphatic heterocycles. The van der Waals surface area contributed by atoms with Gasteiger partial charge in [-0.2, -0.15) is 0 Å². The van der Waals surface area contributed by atoms with Crippen molar-refractivity contribution in [3.8, 4) is 11.5 Å². The van der Waals surface area contributed by atoms with Crippen molar-refractivity contribution >= 4 is 35.0 Å². The highest BCUT2D eigenvalue weighted by Crippen LogP contribution is 2.26. The van der Waals surface area contributed by atoms with E-state index < -0.39 is 0 Å². The summed E-state index contributed by atoms with van der Waals surface area (Å²) in [7, 11) is 0. The summed E-state index contributed by atoms with van der Waals surface area (Å²) < 4.78 is 5.73. The molecule has 1 aromatic heterocycles. The van der Waals surface area contributed by atoms with E-state index in [4.69, 9.17) is 27.6 Å². The number of rotatable bonds is 10. The Kier molecular flexibility index (Phi) is 8.64. The van der Waals surface area contributed by atoms with E-state index in [0.29, 0.717) is 58.9 Å². The van der Waals surface area contributed by atoms with E-state index in [1.165, 1.54) is 0 Å². The van der Waals surface area contributed by atoms with Gasteiger partial charge in [-0.05, 0) is 49.2 Å². The first-order valence-electron chi connectivity index (χ1n) is 10.4. The standard InChI is InChI=1S/C23H24Cl2N4O3/c1-2-14-29(15-20-27-28-23(32-20)18-6-3-4-7-19(18)25)21(30)8-5-13-26-22(31)16-9-11-17(24)12-10-16/h3-4,6-7,9-12H,2,5,8,13-15H2,1H3,(H,26,31). The average molecular weight is 475 g/mol. The molecule has 0 radical (unpaired) electrons. The molecule has 32 heavy (non-hydrogen) atoms. The summed E-state index contributed by atoms with van der Waals surface area (Å²) >= 11 is 12.0. The van der Waals surface area contributed by atoms with Crippen LogP contribution in [0.5, 0.6) is 0 Å². The lowest BCUT2D eigenvalue weighted by atomic mass is 10.2. The summed E-state index contributed by atoms with van der Waals surface area (Å²) in [6, 6.07) is 13.9. The van der Waals surface area contributed by atoms with Crippen LogP contribution in [-0.2, 0) is 11.3 Å². The fourth-order valence-corrected chi connectivity index (χ4v) is 3.43. The smallest absolute Gasteiger partial charge is 0.251 e. The minimum absolute atomic E-state index is 0.0370. The number of hydrogen-bond acceptors (Lipinski definition) is 5. The van der Waals surface area contributed by atoms with Gasteiger partial charge in [0.1, 0.15) is 0 Å². The van der Waals surface area contributed by atoms with Crippen LogP contribution in [0.15, 0.2) is 52.9 Å². The maximum absolute atomic E-state index is 12.7. The second-order valence-corrected chi connectivity index (χ2v) is 8.01. The van der Waals surface area contributed by atoms with Gasteiger partial charge in [0.2, 0.25) is 17.7 Å². The maximum atomic E-state index is 12.7. The Labute approximate surface area is 196 Å². The number of nitrogens with one attached hydrogen (secondary N) is 1. The number of benzene rings is 2. The van der Waals surface area contributed by atoms with Crippen LogP contribution in [0.25, 0.3) is 11.5 Å². The van der Waals surface area contributed by atoms with E-state index in [1.807, 2.05) is 19.1 Å². The normalized spacial score (nSPS) is 10.7. The van der Waals surface area contributed by atoms with E-state index in [-0.39, 0.29) is 18.4 Å². The molecule has 3 rings (SSSR count). The third-order valence-corrected chi connectivity index (χ3v) is 5.28. The van der Waals surface area contributed by atoms with Crippen LogP contribution in [0.3, 0.4) is 0 Å². The van der Waals surface area contributed by atoms with Gasteiger partial charge < -0.3 is 14.6 Å². The lowest BCUT2D eigenvalue weighted by molar-refractivity contribution is -0.132. The zero-order chi connectivity index (χ0) is 22.9. The van der Waals surface area contributed by atoms with Crippen LogP contribution >= 0.6 is 23.2 Å². The van der Waals surface area contributed by atoms with Crippen LogP contribution in [0, 0.1) is 0 Å². The highest BCUT2D eigenvalue weighted by molar-refractivity contribution is 6.33. The Balaban J connectivity index is 1.51. The van der Waals surface area contributed by atoms with Gasteiger partial charge >= 0.3 is 0 Å². The first-order chi connectivity index (χ1) is 15.5. The molecule has 7 nitrogen and oxygen atoms in total. The van der Waals surface area contributed by atoms with Crippen molar-refractivity contribution in [2.45, 2.75) is 32.7 Å². The van der Waals surface area contributed by atoms with E-state index in [2.05, 4.69) is 15.5 Å². The molecule has 3 aromatic rings. The summed E-state index contributed by atoms with van der Waals surface area (Å²) in [5, 5.41) is 12.0. The zero-order valence-electron chi connectivity index (χ0n) is 17.7. The molecule has 0 aliphatic carbocycles. The van der Waals surface area contributed by atoms with Crippen molar-refractivity contribution < 1.29 is 14.0 Å². The Morgan fingerprint density at radius 1 is 1.06 bits per heavy atom. The first kappa shape index (κ1) is 23.8. The molecule has 0 aliphatic rings. The van der Waals surface area contributed by atoms with Crippen molar-refractivity contribution in [2.75, 3.05) is 13.1 Å². The number of amides is 2. The molecule has 1 heterocycles. The van der Waals surface area contributed by atoms with Crippen LogP contribution in [0.4, 0.5) is 0 Å². The van der Waals surface area contributed by atoms with Gasteiger partial charge in [0.25, 0.3) is 5.91 Å². The number of halogens is 2. The molecule has 0 fully saturated rings. The number of aromatic nitrogens is 2. The quantitative estimate of drug-likeness (QED) is 0.418. The fourth-order valence-electron chi connectivity index (χ4n) is 3.09. The molecule has 0 unspecified atom stereocenters. The van der Waals surface area contributed by atoms with Gasteiger partial charge in [0.05, 0.1) is 17.1 Å². The Morgan fingerprint density at radius 2 is 1.81 bits per heavy atom. The molecule has 0 saturated heterocycles. The molecule has 0 spiro atoms. The first-order valence-corrected chi connectivity index (χ1v) is 11.1. The van der Waals surface area contributed by atoms with Gasteiger partial charge in [-0.1, -0.05) is 42.3 Å². The number of carbonyl (C=O) groups excluding carboxylic acids is 2. The van der Waals surface area contributed by atoms with Crippen LogP contribution in [0.1, 0.15) is 42.4 Å². The molecule has 168 valence electrons. The van der Waals surface area contributed by atoms with E-state index >= 15 is 0 Å². The molecule has 0 bridgehead atoms. The number of carbonyl (C=O) groups is 2. The predicted molar refractivity (Wildman–Crippen MR) is 123 cm³/mol. The second-order valence-electron chi connectivity index (χ2n) is 7.16.